The van der Waals surface area contributed by atoms with Crippen LogP contribution >= 0.6 is 45.3 Å². The van der Waals surface area contributed by atoms with Gasteiger partial charge in [-0.1, -0.05) is 278 Å². The molecule has 0 saturated carbocycles. The number of hydrogen-bond acceptors (Lipinski definition) is 12. The normalized spacial score (nSPS) is 13.2. The zero-order chi connectivity index (χ0) is 78.7. The van der Waals surface area contributed by atoms with Crippen LogP contribution in [0.25, 0.3) is 120 Å². The number of benzene rings is 13. The summed E-state index contributed by atoms with van der Waals surface area (Å²) in [5, 5.41) is 4.52. The molecule has 2 aliphatic heterocycles. The molecule has 0 N–H and O–H groups in total. The van der Waals surface area contributed by atoms with Crippen LogP contribution in [0.3, 0.4) is 0 Å². The first-order valence-corrected chi connectivity index (χ1v) is 43.2. The minimum atomic E-state index is -0.529. The van der Waals surface area contributed by atoms with Crippen LogP contribution < -0.4 is 9.80 Å². The van der Waals surface area contributed by atoms with E-state index in [1.54, 1.807) is 0 Å². The monoisotopic (exact) mass is 1580 g/mol. The Bertz CT molecular complexity index is 6860. The second-order valence-electron chi connectivity index (χ2n) is 30.7. The standard InChI is InChI=1S/C56H38N4S2.C50H34N4S2/c1-35-16-13-22-39(30-35)53-57-54(40-23-14-17-36(2)31-40)59-55(58-53)41-24-15-25-42(32-41)60-47-28-11-9-26-43(47)56(44-27-10-12-29-48(44)60)45-33-49(37-18-5-3-6-19-37)61-51(45)52-46(56)34-50(62-52)38-20-7-4-8-21-38;1-31-30-44(54-42-19-11-9-17-38(42)50(39-18-10-12-20-43(39)54)40-25-27-55-45(40)46-41(50)26-28-56-46)32(2)29-37(31)49-52-47(35-15-7-4-8-16-35)51-48(53-49)36-23-21-34(22-24-36)33-13-5-3-6-14-33/h3-34H,1-2H3;3-30H,1-2H3. The van der Waals surface area contributed by atoms with Crippen LogP contribution in [-0.4, -0.2) is 29.9 Å². The van der Waals surface area contributed by atoms with Crippen LogP contribution in [0.4, 0.5) is 34.1 Å². The molecule has 0 unspecified atom stereocenters. The van der Waals surface area contributed by atoms with Gasteiger partial charge in [-0.2, -0.15) is 0 Å². The Morgan fingerprint density at radius 1 is 0.229 bits per heavy atom. The van der Waals surface area contributed by atoms with Crippen LogP contribution in [0.2, 0.25) is 0 Å². The first-order valence-electron chi connectivity index (χ1n) is 39.8. The van der Waals surface area contributed by atoms with Crippen molar-refractivity contribution >= 4 is 79.5 Å². The molecule has 0 bridgehead atoms. The van der Waals surface area contributed by atoms with Gasteiger partial charge < -0.3 is 9.80 Å². The molecule has 560 valence electrons. The average Bonchev–Trinajstić information content (AvgIpc) is 1.49. The molecule has 6 aromatic heterocycles. The zero-order valence-electron chi connectivity index (χ0n) is 64.9. The van der Waals surface area contributed by atoms with Gasteiger partial charge in [-0.05, 0) is 201 Å². The summed E-state index contributed by atoms with van der Waals surface area (Å²) in [6.45, 7) is 8.58. The van der Waals surface area contributed by atoms with Crippen molar-refractivity contribution in [3.05, 3.63) is 429 Å². The number of aromatic nitrogens is 6. The lowest BCUT2D eigenvalue weighted by Crippen LogP contribution is -2.36. The zero-order valence-corrected chi connectivity index (χ0v) is 68.1. The highest BCUT2D eigenvalue weighted by Crippen LogP contribution is 2.69. The molecule has 12 heteroatoms. The third-order valence-electron chi connectivity index (χ3n) is 23.6. The third-order valence-corrected chi connectivity index (χ3v) is 28.2. The molecule has 23 rings (SSSR count). The number of para-hydroxylation sites is 4. The Morgan fingerprint density at radius 2 is 0.576 bits per heavy atom. The van der Waals surface area contributed by atoms with Crippen LogP contribution in [-0.2, 0) is 10.8 Å². The van der Waals surface area contributed by atoms with Crippen LogP contribution in [0, 0.1) is 27.7 Å². The molecule has 8 nitrogen and oxygen atoms in total. The highest BCUT2D eigenvalue weighted by atomic mass is 32.1. The van der Waals surface area contributed by atoms with E-state index in [-0.39, 0.29) is 5.41 Å². The van der Waals surface area contributed by atoms with Crippen molar-refractivity contribution in [2.45, 2.75) is 38.5 Å². The maximum Gasteiger partial charge on any atom is 0.164 e. The molecule has 8 heterocycles. The first-order chi connectivity index (χ1) is 58.1. The van der Waals surface area contributed by atoms with Crippen LogP contribution in [0.1, 0.15) is 66.8 Å². The molecule has 2 spiro atoms. The van der Waals surface area contributed by atoms with Crippen molar-refractivity contribution in [2.24, 2.45) is 0 Å². The number of rotatable bonds is 11. The van der Waals surface area contributed by atoms with Crippen molar-refractivity contribution in [2.75, 3.05) is 9.80 Å². The molecule has 13 aromatic carbocycles. The van der Waals surface area contributed by atoms with E-state index in [9.17, 15) is 0 Å². The van der Waals surface area contributed by atoms with E-state index in [1.165, 1.54) is 102 Å². The lowest BCUT2D eigenvalue weighted by molar-refractivity contribution is 0.756. The maximum atomic E-state index is 5.16. The van der Waals surface area contributed by atoms with Crippen molar-refractivity contribution in [3.63, 3.8) is 0 Å². The molecule has 0 saturated heterocycles. The van der Waals surface area contributed by atoms with Gasteiger partial charge in [0, 0.05) is 64.3 Å². The first kappa shape index (κ1) is 70.9. The van der Waals surface area contributed by atoms with Gasteiger partial charge in [-0.3, -0.25) is 0 Å². The molecule has 0 fully saturated rings. The number of anilines is 6. The highest BCUT2D eigenvalue weighted by molar-refractivity contribution is 7.26. The Hall–Kier alpha value is -13.7. The summed E-state index contributed by atoms with van der Waals surface area (Å²) in [4.78, 5) is 43.7. The summed E-state index contributed by atoms with van der Waals surface area (Å²) in [5.41, 5.74) is 31.7. The fourth-order valence-electron chi connectivity index (χ4n) is 18.4. The van der Waals surface area contributed by atoms with Crippen LogP contribution in [0.5, 0.6) is 0 Å². The van der Waals surface area contributed by atoms with Gasteiger partial charge in [-0.15, -0.1) is 45.3 Å². The van der Waals surface area contributed by atoms with Crippen molar-refractivity contribution < 1.29 is 0 Å². The molecule has 0 amide bonds. The summed E-state index contributed by atoms with van der Waals surface area (Å²) >= 11 is 7.55. The minimum absolute atomic E-state index is 0.369. The summed E-state index contributed by atoms with van der Waals surface area (Å²) in [6, 6.07) is 127. The predicted octanol–water partition coefficient (Wildman–Crippen LogP) is 28.5. The Balaban J connectivity index is 0.000000143. The number of fused-ring (bicyclic) bond motifs is 18. The maximum absolute atomic E-state index is 5.16. The van der Waals surface area contributed by atoms with E-state index < -0.39 is 5.41 Å². The number of nitrogens with zero attached hydrogens (tertiary/aromatic N) is 8. The molecule has 19 aromatic rings. The summed E-state index contributed by atoms with van der Waals surface area (Å²) in [7, 11) is 0. The lowest BCUT2D eigenvalue weighted by Gasteiger charge is -2.44. The summed E-state index contributed by atoms with van der Waals surface area (Å²) < 4.78 is 0. The van der Waals surface area contributed by atoms with Gasteiger partial charge >= 0.3 is 0 Å². The molecule has 0 atom stereocenters. The largest absolute Gasteiger partial charge is 0.310 e. The van der Waals surface area contributed by atoms with E-state index in [2.05, 4.69) is 376 Å². The summed E-state index contributed by atoms with van der Waals surface area (Å²) in [6.07, 6.45) is 0. The third kappa shape index (κ3) is 11.5. The van der Waals surface area contributed by atoms with Gasteiger partial charge in [0.25, 0.3) is 0 Å². The second kappa shape index (κ2) is 28.6. The average molecular weight is 1590 g/mol. The second-order valence-corrected chi connectivity index (χ2v) is 34.6. The van der Waals surface area contributed by atoms with Gasteiger partial charge in [0.15, 0.2) is 34.9 Å². The quantitative estimate of drug-likeness (QED) is 0.127. The Kier molecular flexibility index (Phi) is 17.2. The van der Waals surface area contributed by atoms with Crippen LogP contribution in [0.15, 0.2) is 363 Å². The topological polar surface area (TPSA) is 83.8 Å². The molecule has 2 aliphatic carbocycles. The van der Waals surface area contributed by atoms with Gasteiger partial charge in [0.05, 0.1) is 43.3 Å². The van der Waals surface area contributed by atoms with Gasteiger partial charge in [0.1, 0.15) is 0 Å². The van der Waals surface area contributed by atoms with Gasteiger partial charge in [0.2, 0.25) is 0 Å². The highest BCUT2D eigenvalue weighted by Gasteiger charge is 2.55. The fraction of sp³-hybridized carbons (Fsp3) is 0.0566. The van der Waals surface area contributed by atoms with E-state index in [0.29, 0.717) is 34.9 Å². The molecule has 118 heavy (non-hydrogen) atoms. The predicted molar refractivity (Wildman–Crippen MR) is 490 cm³/mol. The number of hydrogen-bond donors (Lipinski definition) is 0. The van der Waals surface area contributed by atoms with Crippen molar-refractivity contribution in [1.82, 2.24) is 29.9 Å². The molecular weight excluding hydrogens is 1510 g/mol. The van der Waals surface area contributed by atoms with E-state index >= 15 is 0 Å². The lowest BCUT2D eigenvalue weighted by atomic mass is 9.65. The SMILES string of the molecule is Cc1cc(N2c3ccccc3C3(c4ccccc42)c2ccsc2-c2sccc23)c(C)cc1-c1nc(-c2ccccc2)nc(-c2ccc(-c3ccccc3)cc2)n1.Cc1cccc(-c2nc(-c3cccc(C)c3)nc(-c3cccc(N4c5ccccc5C5(c6ccccc64)c4cc(-c6ccccc6)sc4-c4sc(-c6ccccc6)cc45)c3)n2)c1. The minimum Gasteiger partial charge on any atom is -0.310 e. The smallest absolute Gasteiger partial charge is 0.164 e. The van der Waals surface area contributed by atoms with Crippen molar-refractivity contribution in [1.29, 1.82) is 0 Å². The van der Waals surface area contributed by atoms with E-state index in [1.807, 2.05) is 69.6 Å². The fourth-order valence-corrected chi connectivity index (χ4v) is 23.1. The van der Waals surface area contributed by atoms with E-state index in [0.717, 1.165) is 83.9 Å². The van der Waals surface area contributed by atoms with Crippen molar-refractivity contribution in [3.8, 4) is 120 Å². The van der Waals surface area contributed by atoms with E-state index in [4.69, 9.17) is 29.9 Å². The molecular formula is C106H72N8S4. The number of thiophene rings is 4. The number of aryl methyl sites for hydroxylation is 4. The Morgan fingerprint density at radius 3 is 1.03 bits per heavy atom. The van der Waals surface area contributed by atoms with Gasteiger partial charge in [-0.25, -0.2) is 29.9 Å². The molecule has 0 radical (unpaired) electrons. The molecule has 4 aliphatic rings. The summed E-state index contributed by atoms with van der Waals surface area (Å²) in [5.74, 6) is 3.90. The Labute approximate surface area is 701 Å².